The van der Waals surface area contributed by atoms with Crippen LogP contribution < -0.4 is 0 Å². The molecule has 0 aromatic heterocycles. The molecule has 1 radical (unpaired) electrons. The van der Waals surface area contributed by atoms with Gasteiger partial charge in [0.15, 0.2) is 0 Å². The second-order valence-electron chi connectivity index (χ2n) is 10.1. The summed E-state index contributed by atoms with van der Waals surface area (Å²) in [5.41, 5.74) is 0. The van der Waals surface area contributed by atoms with Crippen LogP contribution in [0.3, 0.4) is 0 Å². The second-order valence-corrected chi connectivity index (χ2v) is 10.1. The van der Waals surface area contributed by atoms with Gasteiger partial charge in [0, 0.05) is 0 Å². The molecule has 1 atom stereocenters. The van der Waals surface area contributed by atoms with Crippen molar-refractivity contribution in [3.8, 4) is 0 Å². The first-order valence-electron chi connectivity index (χ1n) is 14.6. The van der Waals surface area contributed by atoms with Gasteiger partial charge in [0.2, 0.25) is 0 Å². The van der Waals surface area contributed by atoms with Crippen LogP contribution in [0.2, 0.25) is 0 Å². The molecule has 0 nitrogen and oxygen atoms in total. The van der Waals surface area contributed by atoms with E-state index in [4.69, 9.17) is 0 Å². The highest BCUT2D eigenvalue weighted by molar-refractivity contribution is 4.59. The molecule has 0 aliphatic rings. The quantitative estimate of drug-likeness (QED) is 0.122. The molecule has 30 heavy (non-hydrogen) atoms. The molecule has 0 fully saturated rings. The predicted octanol–water partition coefficient (Wildman–Crippen LogP) is 11.6. The Morgan fingerprint density at radius 1 is 0.400 bits per heavy atom. The van der Waals surface area contributed by atoms with Crippen molar-refractivity contribution in [2.45, 2.75) is 181 Å². The van der Waals surface area contributed by atoms with Gasteiger partial charge in [0.05, 0.1) is 0 Å². The maximum absolute atomic E-state index is 3.98. The van der Waals surface area contributed by atoms with Gasteiger partial charge in [-0.25, -0.2) is 0 Å². The molecule has 0 saturated carbocycles. The highest BCUT2D eigenvalue weighted by Gasteiger charge is 2.05. The molecule has 0 amide bonds. The van der Waals surface area contributed by atoms with Gasteiger partial charge in [-0.15, -0.1) is 0 Å². The van der Waals surface area contributed by atoms with Gasteiger partial charge >= 0.3 is 0 Å². The molecule has 0 bridgehead atoms. The van der Waals surface area contributed by atoms with Gasteiger partial charge in [-0.2, -0.15) is 0 Å². The summed E-state index contributed by atoms with van der Waals surface area (Å²) in [6.45, 7) is 8.65. The smallest absolute Gasteiger partial charge is 0.0417 e. The Balaban J connectivity index is 3.09. The van der Waals surface area contributed by atoms with Crippen LogP contribution in [0.5, 0.6) is 0 Å². The Kier molecular flexibility index (Phi) is 27.0. The highest BCUT2D eigenvalue weighted by Crippen LogP contribution is 2.21. The topological polar surface area (TPSA) is 0 Å². The van der Waals surface area contributed by atoms with Crippen molar-refractivity contribution in [2.24, 2.45) is 5.92 Å². The Hall–Kier alpha value is 0. The van der Waals surface area contributed by atoms with Crippen molar-refractivity contribution in [2.75, 3.05) is 0 Å². The van der Waals surface area contributed by atoms with Crippen LogP contribution in [0.25, 0.3) is 0 Å². The minimum absolute atomic E-state index is 0.979. The summed E-state index contributed by atoms with van der Waals surface area (Å²) >= 11 is 0. The molecule has 181 valence electrons. The molecular weight excluding hydrogens is 360 g/mol. The van der Waals surface area contributed by atoms with Crippen LogP contribution in [-0.2, 0) is 0 Å². The normalized spacial score (nSPS) is 12.5. The van der Waals surface area contributed by atoms with Crippen molar-refractivity contribution >= 4 is 0 Å². The first-order valence-corrected chi connectivity index (χ1v) is 14.6. The summed E-state index contributed by atoms with van der Waals surface area (Å²) in [6.07, 6.45) is 37.7. The van der Waals surface area contributed by atoms with Gasteiger partial charge in [0.1, 0.15) is 0 Å². The monoisotopic (exact) mass is 421 g/mol. The van der Waals surface area contributed by atoms with Crippen LogP contribution in [-0.4, -0.2) is 0 Å². The lowest BCUT2D eigenvalue weighted by atomic mass is 9.93. The standard InChI is InChI=1S/C30H61/c1-4-7-9-10-11-12-13-14-15-16-17-18-19-20-21-22-23-24-25-26-27-29-30(6-3)28-8-5-2/h30H,2,4-29H2,1,3H3. The molecular formula is C30H61. The third kappa shape index (κ3) is 24.3. The number of hydrogen-bond acceptors (Lipinski definition) is 0. The molecule has 0 rings (SSSR count). The average molecular weight is 422 g/mol. The second kappa shape index (κ2) is 27.0. The van der Waals surface area contributed by atoms with E-state index >= 15 is 0 Å². The lowest BCUT2D eigenvalue weighted by molar-refractivity contribution is 0.402. The van der Waals surface area contributed by atoms with Gasteiger partial charge < -0.3 is 0 Å². The number of rotatable bonds is 26. The summed E-state index contributed by atoms with van der Waals surface area (Å²) in [5, 5.41) is 0. The minimum atomic E-state index is 0.979. The van der Waals surface area contributed by atoms with E-state index < -0.39 is 0 Å². The van der Waals surface area contributed by atoms with Crippen LogP contribution in [0.4, 0.5) is 0 Å². The van der Waals surface area contributed by atoms with E-state index in [1.54, 1.807) is 0 Å². The van der Waals surface area contributed by atoms with Gasteiger partial charge in [0.25, 0.3) is 0 Å². The van der Waals surface area contributed by atoms with E-state index in [0.29, 0.717) is 0 Å². The van der Waals surface area contributed by atoms with E-state index in [0.717, 1.165) is 12.3 Å². The van der Waals surface area contributed by atoms with Crippen molar-refractivity contribution in [3.05, 3.63) is 6.92 Å². The molecule has 0 heteroatoms. The van der Waals surface area contributed by atoms with Crippen LogP contribution in [0.1, 0.15) is 181 Å². The van der Waals surface area contributed by atoms with Gasteiger partial charge in [-0.05, 0) is 5.92 Å². The Bertz CT molecular complexity index is 282. The fraction of sp³-hybridized carbons (Fsp3) is 0.967. The largest absolute Gasteiger partial charge is 0.0654 e. The average Bonchev–Trinajstić information content (AvgIpc) is 2.76. The number of unbranched alkanes of at least 4 members (excludes halogenated alkanes) is 21. The van der Waals surface area contributed by atoms with Crippen LogP contribution >= 0.6 is 0 Å². The molecule has 0 aliphatic carbocycles. The molecule has 0 aromatic carbocycles. The summed E-state index contributed by atoms with van der Waals surface area (Å²) < 4.78 is 0. The summed E-state index contributed by atoms with van der Waals surface area (Å²) in [4.78, 5) is 0. The zero-order chi connectivity index (χ0) is 22.0. The Labute approximate surface area is 193 Å². The first kappa shape index (κ1) is 30.0. The molecule has 0 aliphatic heterocycles. The SMILES string of the molecule is [CH2]CCCC(CC)CCCCCCCCCCCCCCCCCCCCCCC. The zero-order valence-electron chi connectivity index (χ0n) is 21.7. The lowest BCUT2D eigenvalue weighted by Crippen LogP contribution is -1.98. The first-order chi connectivity index (χ1) is 14.8. The predicted molar refractivity (Wildman–Crippen MR) is 140 cm³/mol. The van der Waals surface area contributed by atoms with Crippen LogP contribution in [0.15, 0.2) is 0 Å². The maximum Gasteiger partial charge on any atom is -0.0417 e. The van der Waals surface area contributed by atoms with Crippen molar-refractivity contribution < 1.29 is 0 Å². The third-order valence-corrected chi connectivity index (χ3v) is 7.16. The molecule has 0 saturated heterocycles. The molecule has 0 aromatic rings. The zero-order valence-corrected chi connectivity index (χ0v) is 21.7. The van der Waals surface area contributed by atoms with Crippen LogP contribution in [0, 0.1) is 12.8 Å². The van der Waals surface area contributed by atoms with Crippen molar-refractivity contribution in [1.29, 1.82) is 0 Å². The number of hydrogen-bond donors (Lipinski definition) is 0. The van der Waals surface area contributed by atoms with E-state index in [1.165, 1.54) is 161 Å². The fourth-order valence-corrected chi connectivity index (χ4v) is 4.85. The van der Waals surface area contributed by atoms with Crippen molar-refractivity contribution in [1.82, 2.24) is 0 Å². The molecule has 0 spiro atoms. The molecule has 0 heterocycles. The van der Waals surface area contributed by atoms with Crippen molar-refractivity contribution in [3.63, 3.8) is 0 Å². The summed E-state index contributed by atoms with van der Waals surface area (Å²) in [5.74, 6) is 0.979. The minimum Gasteiger partial charge on any atom is -0.0654 e. The molecule has 1 unspecified atom stereocenters. The van der Waals surface area contributed by atoms with Gasteiger partial charge in [-0.3, -0.25) is 0 Å². The van der Waals surface area contributed by atoms with E-state index in [1.807, 2.05) is 0 Å². The van der Waals surface area contributed by atoms with E-state index in [-0.39, 0.29) is 0 Å². The van der Waals surface area contributed by atoms with E-state index in [2.05, 4.69) is 20.8 Å². The maximum atomic E-state index is 3.98. The summed E-state index contributed by atoms with van der Waals surface area (Å²) in [7, 11) is 0. The lowest BCUT2D eigenvalue weighted by Gasteiger charge is -2.13. The van der Waals surface area contributed by atoms with E-state index in [9.17, 15) is 0 Å². The Morgan fingerprint density at radius 3 is 1.00 bits per heavy atom. The van der Waals surface area contributed by atoms with Gasteiger partial charge in [-0.1, -0.05) is 188 Å². The molecule has 0 N–H and O–H groups in total. The Morgan fingerprint density at radius 2 is 0.700 bits per heavy atom. The fourth-order valence-electron chi connectivity index (χ4n) is 4.85. The summed E-state index contributed by atoms with van der Waals surface area (Å²) in [6, 6.07) is 0. The highest BCUT2D eigenvalue weighted by atomic mass is 14.1. The third-order valence-electron chi connectivity index (χ3n) is 7.16.